The molecular formula is C14H11ClN2O2S. The van der Waals surface area contributed by atoms with Gasteiger partial charge < -0.3 is 4.74 Å². The quantitative estimate of drug-likeness (QED) is 0.676. The molecule has 4 nitrogen and oxygen atoms in total. The zero-order chi connectivity index (χ0) is 14.3. The number of hydrogen-bond acceptors (Lipinski definition) is 4. The number of halogens is 1. The van der Waals surface area contributed by atoms with Gasteiger partial charge in [-0.3, -0.25) is 0 Å². The number of ether oxygens (including phenoxy) is 1. The summed E-state index contributed by atoms with van der Waals surface area (Å²) in [5.41, 5.74) is 1.78. The second-order valence-corrected chi connectivity index (χ2v) is 5.76. The third kappa shape index (κ3) is 2.09. The minimum absolute atomic E-state index is 0.326. The molecule has 0 aliphatic carbocycles. The molecule has 3 rings (SSSR count). The van der Waals surface area contributed by atoms with Crippen LogP contribution in [0.4, 0.5) is 0 Å². The van der Waals surface area contributed by atoms with E-state index in [-0.39, 0.29) is 5.97 Å². The number of fused-ring (bicyclic) bond motifs is 1. The average molecular weight is 307 g/mol. The van der Waals surface area contributed by atoms with Crippen molar-refractivity contribution in [3.8, 4) is 5.69 Å². The van der Waals surface area contributed by atoms with Crippen LogP contribution >= 0.6 is 22.9 Å². The number of hydrogen-bond donors (Lipinski definition) is 0. The minimum atomic E-state index is -0.326. The third-order valence-electron chi connectivity index (χ3n) is 3.00. The molecule has 0 spiro atoms. The van der Waals surface area contributed by atoms with Crippen LogP contribution in [0.2, 0.25) is 5.02 Å². The highest BCUT2D eigenvalue weighted by Gasteiger charge is 2.17. The van der Waals surface area contributed by atoms with Crippen molar-refractivity contribution in [2.45, 2.75) is 6.92 Å². The standard InChI is InChI=1S/C14H11ClN2O2S/c1-8-11-7-12(14(18)19-2)20-13(11)17(16-8)10-5-3-9(15)4-6-10/h3-7H,1-2H3. The molecule has 0 aliphatic heterocycles. The summed E-state index contributed by atoms with van der Waals surface area (Å²) in [4.78, 5) is 13.1. The Kier molecular flexibility index (Phi) is 3.23. The van der Waals surface area contributed by atoms with Crippen LogP contribution in [0.1, 0.15) is 15.4 Å². The van der Waals surface area contributed by atoms with Gasteiger partial charge in [0, 0.05) is 10.4 Å². The molecular weight excluding hydrogens is 296 g/mol. The maximum absolute atomic E-state index is 11.6. The van der Waals surface area contributed by atoms with E-state index in [1.165, 1.54) is 18.4 Å². The first-order valence-corrected chi connectivity index (χ1v) is 7.13. The van der Waals surface area contributed by atoms with Gasteiger partial charge in [0.1, 0.15) is 9.71 Å². The summed E-state index contributed by atoms with van der Waals surface area (Å²) in [6.45, 7) is 1.92. The second-order valence-electron chi connectivity index (χ2n) is 4.29. The highest BCUT2D eigenvalue weighted by atomic mass is 35.5. The average Bonchev–Trinajstić information content (AvgIpc) is 3.00. The number of rotatable bonds is 2. The minimum Gasteiger partial charge on any atom is -0.465 e. The number of aromatic nitrogens is 2. The van der Waals surface area contributed by atoms with Crippen molar-refractivity contribution in [1.29, 1.82) is 0 Å². The summed E-state index contributed by atoms with van der Waals surface area (Å²) in [7, 11) is 1.38. The number of carbonyl (C=O) groups excluding carboxylic acids is 1. The lowest BCUT2D eigenvalue weighted by molar-refractivity contribution is 0.0606. The van der Waals surface area contributed by atoms with Crippen LogP contribution in [-0.2, 0) is 4.74 Å². The third-order valence-corrected chi connectivity index (χ3v) is 4.35. The molecule has 1 aromatic carbocycles. The highest BCUT2D eigenvalue weighted by Crippen LogP contribution is 2.30. The Labute approximate surface area is 124 Å². The SMILES string of the molecule is COC(=O)c1cc2c(C)nn(-c3ccc(Cl)cc3)c2s1. The van der Waals surface area contributed by atoms with Gasteiger partial charge in [0.05, 0.1) is 18.5 Å². The van der Waals surface area contributed by atoms with Crippen molar-refractivity contribution in [1.82, 2.24) is 9.78 Å². The van der Waals surface area contributed by atoms with Gasteiger partial charge in [0.2, 0.25) is 0 Å². The normalized spacial score (nSPS) is 10.9. The monoisotopic (exact) mass is 306 g/mol. The van der Waals surface area contributed by atoms with E-state index in [2.05, 4.69) is 5.10 Å². The molecule has 0 bridgehead atoms. The van der Waals surface area contributed by atoms with Crippen molar-refractivity contribution in [2.75, 3.05) is 7.11 Å². The van der Waals surface area contributed by atoms with E-state index in [0.29, 0.717) is 9.90 Å². The Balaban J connectivity index is 2.18. The number of carbonyl (C=O) groups is 1. The summed E-state index contributed by atoms with van der Waals surface area (Å²) in [5.74, 6) is -0.326. The topological polar surface area (TPSA) is 44.1 Å². The van der Waals surface area contributed by atoms with Crippen molar-refractivity contribution in [3.63, 3.8) is 0 Å². The van der Waals surface area contributed by atoms with Crippen LogP contribution in [0.5, 0.6) is 0 Å². The molecule has 0 atom stereocenters. The van der Waals surface area contributed by atoms with Gasteiger partial charge in [0.25, 0.3) is 0 Å². The van der Waals surface area contributed by atoms with Gasteiger partial charge >= 0.3 is 5.97 Å². The number of esters is 1. The zero-order valence-corrected chi connectivity index (χ0v) is 12.5. The molecule has 0 N–H and O–H groups in total. The molecule has 0 radical (unpaired) electrons. The molecule has 20 heavy (non-hydrogen) atoms. The van der Waals surface area contributed by atoms with E-state index in [0.717, 1.165) is 21.6 Å². The fourth-order valence-electron chi connectivity index (χ4n) is 2.01. The predicted octanol–water partition coefficient (Wildman–Crippen LogP) is 3.84. The lowest BCUT2D eigenvalue weighted by Gasteiger charge is -2.01. The molecule has 0 amide bonds. The van der Waals surface area contributed by atoms with Crippen molar-refractivity contribution >= 4 is 39.1 Å². The van der Waals surface area contributed by atoms with Crippen LogP contribution in [0, 0.1) is 6.92 Å². The Hall–Kier alpha value is -1.85. The lowest BCUT2D eigenvalue weighted by Crippen LogP contribution is -1.98. The van der Waals surface area contributed by atoms with Gasteiger partial charge in [-0.25, -0.2) is 9.48 Å². The molecule has 6 heteroatoms. The van der Waals surface area contributed by atoms with Gasteiger partial charge in [-0.05, 0) is 37.3 Å². The summed E-state index contributed by atoms with van der Waals surface area (Å²) in [6, 6.07) is 9.24. The fourth-order valence-corrected chi connectivity index (χ4v) is 3.23. The first-order chi connectivity index (χ1) is 9.60. The first kappa shape index (κ1) is 13.1. The summed E-state index contributed by atoms with van der Waals surface area (Å²) in [6.07, 6.45) is 0. The Morgan fingerprint density at radius 2 is 2.05 bits per heavy atom. The summed E-state index contributed by atoms with van der Waals surface area (Å²) in [5, 5.41) is 6.15. The van der Waals surface area contributed by atoms with E-state index in [1.807, 2.05) is 41.9 Å². The smallest absolute Gasteiger partial charge is 0.348 e. The van der Waals surface area contributed by atoms with Gasteiger partial charge in [-0.2, -0.15) is 5.10 Å². The predicted molar refractivity (Wildman–Crippen MR) is 80.0 cm³/mol. The molecule has 2 heterocycles. The van der Waals surface area contributed by atoms with Gasteiger partial charge in [-0.15, -0.1) is 11.3 Å². The lowest BCUT2D eigenvalue weighted by atomic mass is 10.3. The molecule has 3 aromatic rings. The Morgan fingerprint density at radius 1 is 1.35 bits per heavy atom. The molecule has 0 unspecified atom stereocenters. The molecule has 0 aliphatic rings. The van der Waals surface area contributed by atoms with Crippen LogP contribution in [0.15, 0.2) is 30.3 Å². The number of thiophene rings is 1. The van der Waals surface area contributed by atoms with E-state index < -0.39 is 0 Å². The van der Waals surface area contributed by atoms with Crippen molar-refractivity contribution in [2.24, 2.45) is 0 Å². The van der Waals surface area contributed by atoms with Crippen LogP contribution in [-0.4, -0.2) is 22.9 Å². The van der Waals surface area contributed by atoms with Crippen molar-refractivity contribution < 1.29 is 9.53 Å². The number of methoxy groups -OCH3 is 1. The van der Waals surface area contributed by atoms with Gasteiger partial charge in [-0.1, -0.05) is 11.6 Å². The molecule has 0 saturated carbocycles. The van der Waals surface area contributed by atoms with E-state index in [4.69, 9.17) is 16.3 Å². The maximum Gasteiger partial charge on any atom is 0.348 e. The Morgan fingerprint density at radius 3 is 2.70 bits per heavy atom. The van der Waals surface area contributed by atoms with Crippen molar-refractivity contribution in [3.05, 3.63) is 45.9 Å². The summed E-state index contributed by atoms with van der Waals surface area (Å²) >= 11 is 7.27. The van der Waals surface area contributed by atoms with Crippen LogP contribution < -0.4 is 0 Å². The first-order valence-electron chi connectivity index (χ1n) is 5.93. The van der Waals surface area contributed by atoms with Gasteiger partial charge in [0.15, 0.2) is 0 Å². The molecule has 102 valence electrons. The molecule has 0 saturated heterocycles. The van der Waals surface area contributed by atoms with E-state index in [9.17, 15) is 4.79 Å². The second kappa shape index (κ2) is 4.92. The number of nitrogens with zero attached hydrogens (tertiary/aromatic N) is 2. The zero-order valence-electron chi connectivity index (χ0n) is 10.9. The largest absolute Gasteiger partial charge is 0.465 e. The van der Waals surface area contributed by atoms with E-state index >= 15 is 0 Å². The summed E-state index contributed by atoms with van der Waals surface area (Å²) < 4.78 is 6.58. The molecule has 0 fully saturated rings. The van der Waals surface area contributed by atoms with Crippen LogP contribution in [0.3, 0.4) is 0 Å². The number of aryl methyl sites for hydroxylation is 1. The highest BCUT2D eigenvalue weighted by molar-refractivity contribution is 7.20. The van der Waals surface area contributed by atoms with E-state index in [1.54, 1.807) is 0 Å². The number of benzene rings is 1. The maximum atomic E-state index is 11.6. The fraction of sp³-hybridized carbons (Fsp3) is 0.143. The molecule has 2 aromatic heterocycles. The Bertz CT molecular complexity index is 789. The van der Waals surface area contributed by atoms with Crippen LogP contribution in [0.25, 0.3) is 15.9 Å².